The average molecular weight is 347 g/mol. The predicted molar refractivity (Wildman–Crippen MR) is 102 cm³/mol. The molecule has 1 aliphatic rings. The summed E-state index contributed by atoms with van der Waals surface area (Å²) in [6.07, 6.45) is 0.480. The molecule has 132 valence electrons. The molecule has 5 nitrogen and oxygen atoms in total. The molecule has 3 N–H and O–H groups in total. The smallest absolute Gasteiger partial charge is 0.234 e. The van der Waals surface area contributed by atoms with Crippen LogP contribution in [-0.2, 0) is 4.79 Å². The normalized spacial score (nSPS) is 19.6. The van der Waals surface area contributed by atoms with E-state index in [-0.39, 0.29) is 18.1 Å². The number of aromatic nitrogens is 1. The molecule has 1 aromatic heterocycles. The Labute approximate surface area is 152 Å². The number of fused-ring (bicyclic) bond motifs is 1. The van der Waals surface area contributed by atoms with Crippen molar-refractivity contribution in [1.82, 2.24) is 10.3 Å². The van der Waals surface area contributed by atoms with E-state index in [2.05, 4.69) is 18.3 Å². The summed E-state index contributed by atoms with van der Waals surface area (Å²) >= 11 is 0. The fourth-order valence-corrected chi connectivity index (χ4v) is 3.35. The number of benzene rings is 2. The lowest BCUT2D eigenvalue weighted by Crippen LogP contribution is -2.36. The molecule has 4 rings (SSSR count). The second-order valence-electron chi connectivity index (χ2n) is 6.73. The van der Waals surface area contributed by atoms with Crippen LogP contribution in [0.4, 0.5) is 0 Å². The Morgan fingerprint density at radius 1 is 1.19 bits per heavy atom. The van der Waals surface area contributed by atoms with Crippen LogP contribution in [0.3, 0.4) is 0 Å². The topological polar surface area (TPSA) is 77.2 Å². The minimum Gasteiger partial charge on any atom is -0.488 e. The molecule has 1 fully saturated rings. The summed E-state index contributed by atoms with van der Waals surface area (Å²) < 4.78 is 6.28. The molecule has 0 bridgehead atoms. The summed E-state index contributed by atoms with van der Waals surface area (Å²) in [6.45, 7) is 2.65. The van der Waals surface area contributed by atoms with Gasteiger partial charge in [-0.15, -0.1) is 0 Å². The second kappa shape index (κ2) is 6.77. The van der Waals surface area contributed by atoms with E-state index in [9.17, 15) is 4.79 Å². The molecule has 1 saturated heterocycles. The molecule has 26 heavy (non-hydrogen) atoms. The van der Waals surface area contributed by atoms with Crippen LogP contribution in [0.25, 0.3) is 22.2 Å². The molecule has 2 aromatic carbocycles. The molecule has 0 spiro atoms. The van der Waals surface area contributed by atoms with E-state index in [0.717, 1.165) is 33.5 Å². The van der Waals surface area contributed by atoms with Gasteiger partial charge in [0.05, 0.1) is 17.3 Å². The fourth-order valence-electron chi connectivity index (χ4n) is 3.35. The lowest BCUT2D eigenvalue weighted by Gasteiger charge is -2.16. The number of amides is 1. The highest BCUT2D eigenvalue weighted by atomic mass is 16.5. The van der Waals surface area contributed by atoms with Gasteiger partial charge in [-0.2, -0.15) is 0 Å². The van der Waals surface area contributed by atoms with Gasteiger partial charge in [-0.25, -0.2) is 4.98 Å². The number of aryl methyl sites for hydroxylation is 1. The maximum atomic E-state index is 11.4. The van der Waals surface area contributed by atoms with Crippen molar-refractivity contribution in [2.45, 2.75) is 25.5 Å². The molecular formula is C21H21N3O2. The number of carbonyl (C=O) groups excluding carboxylic acids is 1. The van der Waals surface area contributed by atoms with Crippen molar-refractivity contribution in [2.24, 2.45) is 5.73 Å². The first-order valence-electron chi connectivity index (χ1n) is 8.76. The fraction of sp³-hybridized carbons (Fsp3) is 0.238. The molecule has 2 heterocycles. The SMILES string of the molecule is Cc1ccc2nc(-c3ccccc3)cc(OC3CNC(C(N)=O)C3)c2c1. The second-order valence-corrected chi connectivity index (χ2v) is 6.73. The van der Waals surface area contributed by atoms with E-state index in [1.807, 2.05) is 48.5 Å². The number of hydrogen-bond acceptors (Lipinski definition) is 4. The third-order valence-corrected chi connectivity index (χ3v) is 4.72. The van der Waals surface area contributed by atoms with Gasteiger partial charge in [0, 0.05) is 30.0 Å². The minimum atomic E-state index is -0.337. The van der Waals surface area contributed by atoms with Gasteiger partial charge < -0.3 is 15.8 Å². The lowest BCUT2D eigenvalue weighted by atomic mass is 10.1. The Hall–Kier alpha value is -2.92. The van der Waals surface area contributed by atoms with Crippen LogP contribution >= 0.6 is 0 Å². The van der Waals surface area contributed by atoms with Crippen LogP contribution in [0.15, 0.2) is 54.6 Å². The molecule has 5 heteroatoms. The van der Waals surface area contributed by atoms with Crippen molar-refractivity contribution in [3.63, 3.8) is 0 Å². The maximum absolute atomic E-state index is 11.4. The molecule has 3 aromatic rings. The first kappa shape index (κ1) is 16.5. The van der Waals surface area contributed by atoms with Gasteiger partial charge in [-0.3, -0.25) is 4.79 Å². The van der Waals surface area contributed by atoms with Crippen LogP contribution in [0.2, 0.25) is 0 Å². The van der Waals surface area contributed by atoms with E-state index in [4.69, 9.17) is 15.5 Å². The predicted octanol–water partition coefficient (Wildman–Crippen LogP) is 2.80. The molecule has 0 saturated carbocycles. The molecular weight excluding hydrogens is 326 g/mol. The third-order valence-electron chi connectivity index (χ3n) is 4.72. The third kappa shape index (κ3) is 3.26. The number of ether oxygens (including phenoxy) is 1. The summed E-state index contributed by atoms with van der Waals surface area (Å²) in [6, 6.07) is 17.8. The van der Waals surface area contributed by atoms with Crippen molar-refractivity contribution in [2.75, 3.05) is 6.54 Å². The van der Waals surface area contributed by atoms with Crippen molar-refractivity contribution >= 4 is 16.8 Å². The number of hydrogen-bond donors (Lipinski definition) is 2. The van der Waals surface area contributed by atoms with E-state index in [1.54, 1.807) is 0 Å². The number of carbonyl (C=O) groups is 1. The average Bonchev–Trinajstić information content (AvgIpc) is 3.11. The number of rotatable bonds is 4. The Bertz CT molecular complexity index is 956. The molecule has 0 radical (unpaired) electrons. The van der Waals surface area contributed by atoms with Crippen LogP contribution in [0.5, 0.6) is 5.75 Å². The lowest BCUT2D eigenvalue weighted by molar-refractivity contribution is -0.119. The monoisotopic (exact) mass is 347 g/mol. The standard InChI is InChI=1S/C21H21N3O2/c1-13-7-8-17-16(9-13)20(26-15-10-19(21(22)25)23-12-15)11-18(24-17)14-5-3-2-4-6-14/h2-9,11,15,19,23H,10,12H2,1H3,(H2,22,25). The summed E-state index contributed by atoms with van der Waals surface area (Å²) in [7, 11) is 0. The summed E-state index contributed by atoms with van der Waals surface area (Å²) in [5.74, 6) is 0.450. The molecule has 0 aliphatic carbocycles. The van der Waals surface area contributed by atoms with Gasteiger partial charge in [0.25, 0.3) is 0 Å². The highest BCUT2D eigenvalue weighted by Gasteiger charge is 2.29. The number of nitrogens with two attached hydrogens (primary N) is 1. The molecule has 2 atom stereocenters. The van der Waals surface area contributed by atoms with E-state index < -0.39 is 0 Å². The first-order chi connectivity index (χ1) is 12.6. The molecule has 2 unspecified atom stereocenters. The number of primary amides is 1. The van der Waals surface area contributed by atoms with Gasteiger partial charge in [0.2, 0.25) is 5.91 Å². The largest absolute Gasteiger partial charge is 0.488 e. The van der Waals surface area contributed by atoms with E-state index in [0.29, 0.717) is 13.0 Å². The number of pyridine rings is 1. The Kier molecular flexibility index (Phi) is 4.31. The van der Waals surface area contributed by atoms with Gasteiger partial charge >= 0.3 is 0 Å². The highest BCUT2D eigenvalue weighted by Crippen LogP contribution is 2.32. The molecule has 1 aliphatic heterocycles. The zero-order chi connectivity index (χ0) is 18.1. The highest BCUT2D eigenvalue weighted by molar-refractivity contribution is 5.88. The summed E-state index contributed by atoms with van der Waals surface area (Å²) in [5.41, 5.74) is 9.35. The summed E-state index contributed by atoms with van der Waals surface area (Å²) in [5, 5.41) is 4.10. The van der Waals surface area contributed by atoms with Crippen molar-refractivity contribution < 1.29 is 9.53 Å². The Balaban J connectivity index is 1.74. The Morgan fingerprint density at radius 2 is 2.00 bits per heavy atom. The van der Waals surface area contributed by atoms with Crippen LogP contribution < -0.4 is 15.8 Å². The zero-order valence-electron chi connectivity index (χ0n) is 14.6. The quantitative estimate of drug-likeness (QED) is 0.761. The van der Waals surface area contributed by atoms with Gasteiger partial charge in [0.15, 0.2) is 0 Å². The minimum absolute atomic E-state index is 0.0952. The maximum Gasteiger partial charge on any atom is 0.234 e. The molecule has 1 amide bonds. The van der Waals surface area contributed by atoms with Gasteiger partial charge in [-0.05, 0) is 19.1 Å². The van der Waals surface area contributed by atoms with Crippen molar-refractivity contribution in [3.8, 4) is 17.0 Å². The van der Waals surface area contributed by atoms with Crippen molar-refractivity contribution in [1.29, 1.82) is 0 Å². The summed E-state index contributed by atoms with van der Waals surface area (Å²) in [4.78, 5) is 16.2. The van der Waals surface area contributed by atoms with Gasteiger partial charge in [-0.1, -0.05) is 42.0 Å². The van der Waals surface area contributed by atoms with Crippen molar-refractivity contribution in [3.05, 3.63) is 60.2 Å². The van der Waals surface area contributed by atoms with Crippen LogP contribution in [-0.4, -0.2) is 29.6 Å². The Morgan fingerprint density at radius 3 is 2.73 bits per heavy atom. The van der Waals surface area contributed by atoms with E-state index >= 15 is 0 Å². The van der Waals surface area contributed by atoms with Crippen LogP contribution in [0.1, 0.15) is 12.0 Å². The van der Waals surface area contributed by atoms with E-state index in [1.165, 1.54) is 0 Å². The number of nitrogens with zero attached hydrogens (tertiary/aromatic N) is 1. The van der Waals surface area contributed by atoms with Gasteiger partial charge in [0.1, 0.15) is 11.9 Å². The van der Waals surface area contributed by atoms with Crippen LogP contribution in [0, 0.1) is 6.92 Å². The number of nitrogens with one attached hydrogen (secondary N) is 1. The zero-order valence-corrected chi connectivity index (χ0v) is 14.6. The first-order valence-corrected chi connectivity index (χ1v) is 8.76.